The van der Waals surface area contributed by atoms with E-state index in [1.54, 1.807) is 12.1 Å². The highest BCUT2D eigenvalue weighted by atomic mass is 16.2. The van der Waals surface area contributed by atoms with E-state index >= 15 is 0 Å². The van der Waals surface area contributed by atoms with Crippen LogP contribution in [0.1, 0.15) is 15.9 Å². The van der Waals surface area contributed by atoms with Gasteiger partial charge in [-0.1, -0.05) is 24.3 Å². The lowest BCUT2D eigenvalue weighted by atomic mass is 9.88. The van der Waals surface area contributed by atoms with E-state index in [9.17, 15) is 9.59 Å². The molecule has 4 heteroatoms. The van der Waals surface area contributed by atoms with Crippen LogP contribution in [0.15, 0.2) is 42.1 Å². The largest absolute Gasteiger partial charge is 0.396 e. The maximum atomic E-state index is 11.9. The molecule has 0 heterocycles. The quantitative estimate of drug-likeness (QED) is 0.675. The van der Waals surface area contributed by atoms with Gasteiger partial charge >= 0.3 is 0 Å². The second-order valence-corrected chi connectivity index (χ2v) is 4.23. The molecule has 0 fully saturated rings. The number of allylic oxidation sites excluding steroid dienone is 1. The van der Waals surface area contributed by atoms with Gasteiger partial charge in [0.05, 0.1) is 5.70 Å². The van der Waals surface area contributed by atoms with Gasteiger partial charge in [-0.15, -0.1) is 0 Å². The van der Waals surface area contributed by atoms with Gasteiger partial charge < -0.3 is 11.5 Å². The first kappa shape index (κ1) is 10.5. The molecule has 0 saturated heterocycles. The molecular formula is C14H10N2O2. The Morgan fingerprint density at radius 2 is 1.28 bits per heavy atom. The molecule has 4 N–H and O–H groups in total. The van der Waals surface area contributed by atoms with Crippen molar-refractivity contribution in [1.82, 2.24) is 0 Å². The van der Waals surface area contributed by atoms with E-state index in [1.807, 2.05) is 24.3 Å². The molecule has 0 amide bonds. The van der Waals surface area contributed by atoms with Crippen LogP contribution in [0.3, 0.4) is 0 Å². The van der Waals surface area contributed by atoms with Gasteiger partial charge in [-0.25, -0.2) is 0 Å². The number of ketones is 2. The number of carbonyl (C=O) groups is 2. The highest BCUT2D eigenvalue weighted by Crippen LogP contribution is 2.28. The molecule has 3 rings (SSSR count). The van der Waals surface area contributed by atoms with E-state index in [4.69, 9.17) is 11.5 Å². The molecule has 0 spiro atoms. The zero-order chi connectivity index (χ0) is 12.9. The molecule has 0 saturated carbocycles. The molecule has 0 aliphatic heterocycles. The molecule has 0 radical (unpaired) electrons. The van der Waals surface area contributed by atoms with Crippen molar-refractivity contribution < 1.29 is 9.59 Å². The average Bonchev–Trinajstić information content (AvgIpc) is 2.41. The molecule has 4 nitrogen and oxygen atoms in total. The van der Waals surface area contributed by atoms with Gasteiger partial charge in [0.2, 0.25) is 5.78 Å². The monoisotopic (exact) mass is 238 g/mol. The zero-order valence-corrected chi connectivity index (χ0v) is 9.44. The highest BCUT2D eigenvalue weighted by Gasteiger charge is 2.30. The van der Waals surface area contributed by atoms with Crippen LogP contribution in [0.4, 0.5) is 0 Å². The lowest BCUT2D eigenvalue weighted by Crippen LogP contribution is -2.30. The number of fused-ring (bicyclic) bond motifs is 2. The number of hydrogen-bond donors (Lipinski definition) is 2. The molecule has 0 aromatic heterocycles. The van der Waals surface area contributed by atoms with Gasteiger partial charge in [0.25, 0.3) is 5.78 Å². The van der Waals surface area contributed by atoms with Gasteiger partial charge in [0, 0.05) is 11.1 Å². The molecular weight excluding hydrogens is 228 g/mol. The van der Waals surface area contributed by atoms with Crippen LogP contribution >= 0.6 is 0 Å². The second-order valence-electron chi connectivity index (χ2n) is 4.23. The summed E-state index contributed by atoms with van der Waals surface area (Å²) >= 11 is 0. The molecule has 1 aliphatic carbocycles. The Kier molecular flexibility index (Phi) is 2.01. The summed E-state index contributed by atoms with van der Waals surface area (Å²) in [6.45, 7) is 0. The van der Waals surface area contributed by atoms with E-state index in [0.29, 0.717) is 11.1 Å². The van der Waals surface area contributed by atoms with Crippen LogP contribution in [0, 0.1) is 0 Å². The molecule has 18 heavy (non-hydrogen) atoms. The van der Waals surface area contributed by atoms with Crippen molar-refractivity contribution in [3.63, 3.8) is 0 Å². The third-order valence-corrected chi connectivity index (χ3v) is 3.16. The van der Waals surface area contributed by atoms with Crippen molar-refractivity contribution in [3.05, 3.63) is 53.2 Å². The number of Topliss-reactive ketones (excluding diaryl/α,β-unsaturated/α-hetero) is 2. The Labute approximate surface area is 103 Å². The lowest BCUT2D eigenvalue weighted by Gasteiger charge is -2.17. The molecule has 2 aromatic carbocycles. The Hall–Kier alpha value is -2.62. The van der Waals surface area contributed by atoms with Crippen LogP contribution in [0.5, 0.6) is 0 Å². The van der Waals surface area contributed by atoms with Gasteiger partial charge in [-0.2, -0.15) is 0 Å². The Bertz CT molecular complexity index is 745. The van der Waals surface area contributed by atoms with E-state index < -0.39 is 11.6 Å². The van der Waals surface area contributed by atoms with Crippen LogP contribution in [0.25, 0.3) is 16.5 Å². The summed E-state index contributed by atoms with van der Waals surface area (Å²) in [6, 6.07) is 11.0. The van der Waals surface area contributed by atoms with E-state index in [-0.39, 0.29) is 11.4 Å². The topological polar surface area (TPSA) is 86.2 Å². The average molecular weight is 238 g/mol. The first-order valence-corrected chi connectivity index (χ1v) is 5.47. The Morgan fingerprint density at radius 3 is 1.89 bits per heavy atom. The van der Waals surface area contributed by atoms with Gasteiger partial charge in [-0.05, 0) is 22.9 Å². The van der Waals surface area contributed by atoms with Crippen LogP contribution < -0.4 is 11.5 Å². The maximum absolute atomic E-state index is 11.9. The SMILES string of the molecule is NC1=C(N)c2cc3ccccc3cc2C(=O)C1=O. The van der Waals surface area contributed by atoms with Crippen LogP contribution in [-0.4, -0.2) is 11.6 Å². The van der Waals surface area contributed by atoms with Crippen molar-refractivity contribution in [2.75, 3.05) is 0 Å². The minimum atomic E-state index is -0.727. The zero-order valence-electron chi connectivity index (χ0n) is 9.44. The summed E-state index contributed by atoms with van der Waals surface area (Å²) in [5.41, 5.74) is 12.2. The number of hydrogen-bond acceptors (Lipinski definition) is 4. The first-order valence-electron chi connectivity index (χ1n) is 5.47. The van der Waals surface area contributed by atoms with Gasteiger partial charge in [0.1, 0.15) is 5.70 Å². The Balaban J connectivity index is 2.42. The maximum Gasteiger partial charge on any atom is 0.251 e. The van der Waals surface area contributed by atoms with Crippen molar-refractivity contribution in [2.45, 2.75) is 0 Å². The molecule has 88 valence electrons. The summed E-state index contributed by atoms with van der Waals surface area (Å²) in [6.07, 6.45) is 0. The first-order chi connectivity index (χ1) is 8.59. The third kappa shape index (κ3) is 1.26. The lowest BCUT2D eigenvalue weighted by molar-refractivity contribution is -0.111. The molecule has 1 aliphatic rings. The number of rotatable bonds is 0. The van der Waals surface area contributed by atoms with Crippen molar-refractivity contribution in [2.24, 2.45) is 11.5 Å². The fourth-order valence-corrected chi connectivity index (χ4v) is 2.16. The number of carbonyl (C=O) groups excluding carboxylic acids is 2. The highest BCUT2D eigenvalue weighted by molar-refractivity contribution is 6.52. The number of nitrogens with two attached hydrogens (primary N) is 2. The summed E-state index contributed by atoms with van der Waals surface area (Å²) in [5.74, 6) is -1.32. The van der Waals surface area contributed by atoms with E-state index in [1.165, 1.54) is 0 Å². The van der Waals surface area contributed by atoms with E-state index in [0.717, 1.165) is 10.8 Å². The van der Waals surface area contributed by atoms with Crippen molar-refractivity contribution >= 4 is 28.0 Å². The summed E-state index contributed by atoms with van der Waals surface area (Å²) in [7, 11) is 0. The normalized spacial score (nSPS) is 15.1. The predicted molar refractivity (Wildman–Crippen MR) is 68.6 cm³/mol. The summed E-state index contributed by atoms with van der Waals surface area (Å²) in [5, 5.41) is 1.85. The standard InChI is InChI=1S/C14H10N2O2/c15-11-9-5-7-3-1-2-4-8(7)6-10(9)13(17)14(18)12(11)16/h1-6H,15-16H2. The smallest absolute Gasteiger partial charge is 0.251 e. The minimum Gasteiger partial charge on any atom is -0.396 e. The number of benzene rings is 2. The van der Waals surface area contributed by atoms with Gasteiger partial charge in [0.15, 0.2) is 0 Å². The van der Waals surface area contributed by atoms with Crippen molar-refractivity contribution in [3.8, 4) is 0 Å². The fraction of sp³-hybridized carbons (Fsp3) is 0. The molecule has 2 aromatic rings. The van der Waals surface area contributed by atoms with E-state index in [2.05, 4.69) is 0 Å². The molecule has 0 unspecified atom stereocenters. The molecule has 0 bridgehead atoms. The third-order valence-electron chi connectivity index (χ3n) is 3.16. The van der Waals surface area contributed by atoms with Crippen molar-refractivity contribution in [1.29, 1.82) is 0 Å². The summed E-state index contributed by atoms with van der Waals surface area (Å²) < 4.78 is 0. The second kappa shape index (κ2) is 3.43. The van der Waals surface area contributed by atoms with Crippen LogP contribution in [-0.2, 0) is 4.79 Å². The summed E-state index contributed by atoms with van der Waals surface area (Å²) in [4.78, 5) is 23.5. The fourth-order valence-electron chi connectivity index (χ4n) is 2.16. The predicted octanol–water partition coefficient (Wildman–Crippen LogP) is 1.19. The Morgan fingerprint density at radius 1 is 0.722 bits per heavy atom. The van der Waals surface area contributed by atoms with Gasteiger partial charge in [-0.3, -0.25) is 9.59 Å². The van der Waals surface area contributed by atoms with Crippen LogP contribution in [0.2, 0.25) is 0 Å². The molecule has 0 atom stereocenters. The minimum absolute atomic E-state index is 0.164.